The van der Waals surface area contributed by atoms with Gasteiger partial charge in [0.05, 0.1) is 6.10 Å². The largest absolute Gasteiger partial charge is 0.378 e. The summed E-state index contributed by atoms with van der Waals surface area (Å²) in [5.74, 6) is 0. The second-order valence-corrected chi connectivity index (χ2v) is 5.48. The van der Waals surface area contributed by atoms with Crippen LogP contribution in [0.2, 0.25) is 0 Å². The van der Waals surface area contributed by atoms with E-state index in [0.29, 0.717) is 11.5 Å². The molecule has 1 N–H and O–H groups in total. The fraction of sp³-hybridized carbons (Fsp3) is 1.00. The van der Waals surface area contributed by atoms with E-state index in [0.717, 1.165) is 12.6 Å². The highest BCUT2D eigenvalue weighted by Gasteiger charge is 2.55. The highest BCUT2D eigenvalue weighted by Crippen LogP contribution is 2.53. The summed E-state index contributed by atoms with van der Waals surface area (Å²) in [6.07, 6.45) is 10.1. The Morgan fingerprint density at radius 1 is 1.18 bits per heavy atom. The lowest BCUT2D eigenvalue weighted by molar-refractivity contribution is -0.149. The lowest BCUT2D eigenvalue weighted by Gasteiger charge is -2.58. The second kappa shape index (κ2) is 6.96. The molecule has 2 atom stereocenters. The average molecular weight is 262 g/mol. The zero-order valence-corrected chi connectivity index (χ0v) is 12.2. The quantitative estimate of drug-likeness (QED) is 0.818. The molecule has 2 rings (SSSR count). The average Bonchev–Trinajstić information content (AvgIpc) is 2.34. The van der Waals surface area contributed by atoms with E-state index in [1.165, 1.54) is 51.5 Å². The lowest BCUT2D eigenvalue weighted by Crippen LogP contribution is -2.64. The van der Waals surface area contributed by atoms with Gasteiger partial charge in [0.15, 0.2) is 0 Å². The van der Waals surface area contributed by atoms with Gasteiger partial charge in [-0.1, -0.05) is 26.2 Å². The molecule has 102 valence electrons. The zero-order chi connectivity index (χ0) is 11.4. The Labute approximate surface area is 112 Å². The molecule has 2 unspecified atom stereocenters. The first-order valence-corrected chi connectivity index (χ1v) is 7.18. The van der Waals surface area contributed by atoms with Crippen molar-refractivity contribution in [3.63, 3.8) is 0 Å². The van der Waals surface area contributed by atoms with Crippen LogP contribution in [0.15, 0.2) is 0 Å². The Balaban J connectivity index is 0.00000144. The molecule has 1 spiro atoms. The van der Waals surface area contributed by atoms with E-state index in [9.17, 15) is 0 Å². The van der Waals surface area contributed by atoms with Gasteiger partial charge in [-0.25, -0.2) is 0 Å². The number of hydrogen-bond acceptors (Lipinski definition) is 2. The van der Waals surface area contributed by atoms with Crippen molar-refractivity contribution in [1.29, 1.82) is 0 Å². The van der Waals surface area contributed by atoms with Gasteiger partial charge in [-0.05, 0) is 39.2 Å². The van der Waals surface area contributed by atoms with Gasteiger partial charge in [-0.15, -0.1) is 12.4 Å². The highest BCUT2D eigenvalue weighted by molar-refractivity contribution is 5.85. The van der Waals surface area contributed by atoms with Crippen molar-refractivity contribution in [2.24, 2.45) is 5.41 Å². The minimum Gasteiger partial charge on any atom is -0.378 e. The van der Waals surface area contributed by atoms with Crippen LogP contribution in [-0.2, 0) is 4.74 Å². The van der Waals surface area contributed by atoms with E-state index in [-0.39, 0.29) is 12.4 Å². The molecule has 2 saturated carbocycles. The molecule has 2 aliphatic carbocycles. The van der Waals surface area contributed by atoms with Gasteiger partial charge in [0.2, 0.25) is 0 Å². The normalized spacial score (nSPS) is 30.7. The first kappa shape index (κ1) is 15.3. The number of rotatable bonds is 5. The third-order valence-electron chi connectivity index (χ3n) is 4.58. The van der Waals surface area contributed by atoms with Crippen LogP contribution in [0.4, 0.5) is 0 Å². The summed E-state index contributed by atoms with van der Waals surface area (Å²) in [5, 5.41) is 3.74. The van der Waals surface area contributed by atoms with Crippen LogP contribution in [0.3, 0.4) is 0 Å². The van der Waals surface area contributed by atoms with Gasteiger partial charge in [-0.2, -0.15) is 0 Å². The Morgan fingerprint density at radius 2 is 1.88 bits per heavy atom. The van der Waals surface area contributed by atoms with Crippen molar-refractivity contribution in [2.45, 2.75) is 70.9 Å². The summed E-state index contributed by atoms with van der Waals surface area (Å²) < 4.78 is 5.94. The van der Waals surface area contributed by atoms with Crippen LogP contribution in [0.5, 0.6) is 0 Å². The molecule has 17 heavy (non-hydrogen) atoms. The summed E-state index contributed by atoms with van der Waals surface area (Å²) in [6.45, 7) is 6.43. The smallest absolute Gasteiger partial charge is 0.0661 e. The standard InChI is InChI=1S/C14H27NO.ClH/c1-3-10-15-12-11-13(16-4-2)14(12)8-6-5-7-9-14;/h12-13,15H,3-11H2,1-2H3;1H. The molecule has 2 fully saturated rings. The van der Waals surface area contributed by atoms with Crippen molar-refractivity contribution in [3.05, 3.63) is 0 Å². The van der Waals surface area contributed by atoms with E-state index in [2.05, 4.69) is 19.2 Å². The summed E-state index contributed by atoms with van der Waals surface area (Å²) in [5.41, 5.74) is 0.503. The van der Waals surface area contributed by atoms with E-state index in [4.69, 9.17) is 4.74 Å². The number of halogens is 1. The summed E-state index contributed by atoms with van der Waals surface area (Å²) in [7, 11) is 0. The molecule has 3 heteroatoms. The van der Waals surface area contributed by atoms with E-state index >= 15 is 0 Å². The molecule has 0 aromatic rings. The second-order valence-electron chi connectivity index (χ2n) is 5.48. The highest BCUT2D eigenvalue weighted by atomic mass is 35.5. The fourth-order valence-corrected chi connectivity index (χ4v) is 3.67. The molecule has 0 heterocycles. The summed E-state index contributed by atoms with van der Waals surface area (Å²) >= 11 is 0. The predicted octanol–water partition coefficient (Wildman–Crippen LogP) is 3.54. The minimum absolute atomic E-state index is 0. The van der Waals surface area contributed by atoms with E-state index in [1.54, 1.807) is 0 Å². The maximum Gasteiger partial charge on any atom is 0.0661 e. The van der Waals surface area contributed by atoms with Crippen LogP contribution >= 0.6 is 12.4 Å². The van der Waals surface area contributed by atoms with Crippen molar-refractivity contribution in [2.75, 3.05) is 13.2 Å². The topological polar surface area (TPSA) is 21.3 Å². The van der Waals surface area contributed by atoms with Gasteiger partial charge in [0.1, 0.15) is 0 Å². The molecule has 2 aliphatic rings. The lowest BCUT2D eigenvalue weighted by atomic mass is 9.55. The van der Waals surface area contributed by atoms with E-state index < -0.39 is 0 Å². The zero-order valence-electron chi connectivity index (χ0n) is 11.3. The summed E-state index contributed by atoms with van der Waals surface area (Å²) in [4.78, 5) is 0. The van der Waals surface area contributed by atoms with Gasteiger partial charge in [0, 0.05) is 18.1 Å². The van der Waals surface area contributed by atoms with Gasteiger partial charge in [0.25, 0.3) is 0 Å². The van der Waals surface area contributed by atoms with Crippen molar-refractivity contribution in [1.82, 2.24) is 5.32 Å². The molecular formula is C14H28ClNO. The van der Waals surface area contributed by atoms with Gasteiger partial charge >= 0.3 is 0 Å². The van der Waals surface area contributed by atoms with Gasteiger partial charge in [-0.3, -0.25) is 0 Å². The first-order chi connectivity index (χ1) is 7.83. The Kier molecular flexibility index (Phi) is 6.25. The molecule has 0 bridgehead atoms. The number of nitrogens with one attached hydrogen (secondary N) is 1. The summed E-state index contributed by atoms with van der Waals surface area (Å²) in [6, 6.07) is 0.740. The third-order valence-corrected chi connectivity index (χ3v) is 4.58. The fourth-order valence-electron chi connectivity index (χ4n) is 3.67. The maximum atomic E-state index is 5.94. The Hall–Kier alpha value is 0.210. The van der Waals surface area contributed by atoms with Gasteiger partial charge < -0.3 is 10.1 Å². The molecule has 0 aromatic carbocycles. The molecule has 0 radical (unpaired) electrons. The predicted molar refractivity (Wildman–Crippen MR) is 74.9 cm³/mol. The SMILES string of the molecule is CCCNC1CC(OCC)C12CCCCC2.Cl. The van der Waals surface area contributed by atoms with Crippen LogP contribution in [0, 0.1) is 5.41 Å². The molecule has 0 aliphatic heterocycles. The molecule has 2 nitrogen and oxygen atoms in total. The van der Waals surface area contributed by atoms with Crippen molar-refractivity contribution in [3.8, 4) is 0 Å². The molecular weight excluding hydrogens is 234 g/mol. The minimum atomic E-state index is 0. The Bertz CT molecular complexity index is 216. The van der Waals surface area contributed by atoms with Crippen LogP contribution in [-0.4, -0.2) is 25.3 Å². The number of ether oxygens (including phenoxy) is 1. The molecule has 0 amide bonds. The van der Waals surface area contributed by atoms with Crippen LogP contribution < -0.4 is 5.32 Å². The van der Waals surface area contributed by atoms with Crippen molar-refractivity contribution >= 4 is 12.4 Å². The first-order valence-electron chi connectivity index (χ1n) is 7.18. The third kappa shape index (κ3) is 2.97. The van der Waals surface area contributed by atoms with Crippen molar-refractivity contribution < 1.29 is 4.74 Å². The van der Waals surface area contributed by atoms with E-state index in [1.807, 2.05) is 0 Å². The monoisotopic (exact) mass is 261 g/mol. The Morgan fingerprint density at radius 3 is 2.47 bits per heavy atom. The maximum absolute atomic E-state index is 5.94. The van der Waals surface area contributed by atoms with Crippen LogP contribution in [0.1, 0.15) is 58.8 Å². The molecule has 0 saturated heterocycles. The number of hydrogen-bond donors (Lipinski definition) is 1. The molecule has 0 aromatic heterocycles. The van der Waals surface area contributed by atoms with Crippen LogP contribution in [0.25, 0.3) is 0 Å².